The molecule has 0 aliphatic heterocycles. The number of nitrogens with one attached hydrogen (secondary N) is 1. The van der Waals surface area contributed by atoms with Crippen LogP contribution >= 0.6 is 11.3 Å². The lowest BCUT2D eigenvalue weighted by Gasteiger charge is -1.70. The summed E-state index contributed by atoms with van der Waals surface area (Å²) in [5.41, 5.74) is 1.15. The third-order valence-electron chi connectivity index (χ3n) is 1.25. The van der Waals surface area contributed by atoms with Crippen LogP contribution in [0.15, 0.2) is 12.3 Å². The van der Waals surface area contributed by atoms with Gasteiger partial charge in [-0.05, 0) is 13.0 Å². The SMILES string of the molecule is CC.CC.Cc1cc2[nH]ncc2s1. The van der Waals surface area contributed by atoms with Crippen LogP contribution in [-0.2, 0) is 0 Å². The minimum absolute atomic E-state index is 1.15. The van der Waals surface area contributed by atoms with E-state index in [0.29, 0.717) is 0 Å². The number of hydrogen-bond acceptors (Lipinski definition) is 2. The Morgan fingerprint density at radius 1 is 1.23 bits per heavy atom. The average Bonchev–Trinajstić information content (AvgIpc) is 2.71. The fourth-order valence-corrected chi connectivity index (χ4v) is 1.72. The van der Waals surface area contributed by atoms with E-state index >= 15 is 0 Å². The maximum atomic E-state index is 3.89. The van der Waals surface area contributed by atoms with Gasteiger partial charge in [-0.3, -0.25) is 5.10 Å². The van der Waals surface area contributed by atoms with E-state index in [0.717, 1.165) is 5.52 Å². The number of hydrogen-bond donors (Lipinski definition) is 1. The molecule has 0 bridgehead atoms. The number of fused-ring (bicyclic) bond motifs is 1. The first-order valence-corrected chi connectivity index (χ1v) is 5.57. The van der Waals surface area contributed by atoms with E-state index in [2.05, 4.69) is 23.2 Å². The Labute approximate surface area is 84.0 Å². The minimum Gasteiger partial charge on any atom is -0.277 e. The van der Waals surface area contributed by atoms with Crippen LogP contribution in [0.4, 0.5) is 0 Å². The molecule has 13 heavy (non-hydrogen) atoms. The number of aromatic amines is 1. The summed E-state index contributed by atoms with van der Waals surface area (Å²) >= 11 is 1.77. The summed E-state index contributed by atoms with van der Waals surface area (Å²) in [5, 5.41) is 6.79. The Bertz CT molecular complexity index is 294. The summed E-state index contributed by atoms with van der Waals surface area (Å²) in [6, 6.07) is 2.10. The highest BCUT2D eigenvalue weighted by Crippen LogP contribution is 2.21. The van der Waals surface area contributed by atoms with Gasteiger partial charge in [-0.2, -0.15) is 5.10 Å². The number of aryl methyl sites for hydroxylation is 1. The maximum absolute atomic E-state index is 3.89. The monoisotopic (exact) mass is 198 g/mol. The second-order valence-corrected chi connectivity index (χ2v) is 3.29. The number of rotatable bonds is 0. The van der Waals surface area contributed by atoms with Crippen LogP contribution in [0.2, 0.25) is 0 Å². The molecule has 0 radical (unpaired) electrons. The lowest BCUT2D eigenvalue weighted by Crippen LogP contribution is -1.61. The molecule has 0 fully saturated rings. The van der Waals surface area contributed by atoms with Gasteiger partial charge in [-0.15, -0.1) is 11.3 Å². The molecule has 2 heterocycles. The number of H-pyrrole nitrogens is 1. The molecule has 3 heteroatoms. The van der Waals surface area contributed by atoms with Crippen LogP contribution in [0, 0.1) is 6.92 Å². The Hall–Kier alpha value is -0.830. The molecule has 74 valence electrons. The number of thiophene rings is 1. The van der Waals surface area contributed by atoms with E-state index in [4.69, 9.17) is 0 Å². The molecule has 0 atom stereocenters. The van der Waals surface area contributed by atoms with Crippen molar-refractivity contribution in [2.45, 2.75) is 34.6 Å². The molecule has 0 saturated heterocycles. The molecule has 2 nitrogen and oxygen atoms in total. The van der Waals surface area contributed by atoms with Gasteiger partial charge in [0.15, 0.2) is 0 Å². The second kappa shape index (κ2) is 6.66. The van der Waals surface area contributed by atoms with Crippen LogP contribution < -0.4 is 0 Å². The van der Waals surface area contributed by atoms with E-state index in [1.54, 1.807) is 11.3 Å². The normalized spacial score (nSPS) is 8.38. The second-order valence-electron chi connectivity index (χ2n) is 2.00. The summed E-state index contributed by atoms with van der Waals surface area (Å²) in [6.45, 7) is 10.1. The smallest absolute Gasteiger partial charge is 0.0761 e. The molecular formula is C10H18N2S. The van der Waals surface area contributed by atoms with Crippen LogP contribution in [0.5, 0.6) is 0 Å². The van der Waals surface area contributed by atoms with Crippen molar-refractivity contribution in [1.82, 2.24) is 10.2 Å². The first kappa shape index (κ1) is 12.2. The first-order chi connectivity index (χ1) is 6.36. The topological polar surface area (TPSA) is 28.7 Å². The van der Waals surface area contributed by atoms with E-state index in [9.17, 15) is 0 Å². The minimum atomic E-state index is 1.15. The summed E-state index contributed by atoms with van der Waals surface area (Å²) in [4.78, 5) is 1.33. The van der Waals surface area contributed by atoms with Crippen LogP contribution in [0.25, 0.3) is 10.2 Å². The van der Waals surface area contributed by atoms with Gasteiger partial charge in [-0.1, -0.05) is 27.7 Å². The third kappa shape index (κ3) is 3.19. The lowest BCUT2D eigenvalue weighted by atomic mass is 10.4. The van der Waals surface area contributed by atoms with Gasteiger partial charge in [0.25, 0.3) is 0 Å². The van der Waals surface area contributed by atoms with Crippen molar-refractivity contribution >= 4 is 21.6 Å². The van der Waals surface area contributed by atoms with Gasteiger partial charge in [0, 0.05) is 4.88 Å². The Morgan fingerprint density at radius 3 is 2.38 bits per heavy atom. The van der Waals surface area contributed by atoms with Crippen molar-refractivity contribution in [1.29, 1.82) is 0 Å². The Balaban J connectivity index is 0.000000322. The van der Waals surface area contributed by atoms with Crippen molar-refractivity contribution in [3.05, 3.63) is 17.1 Å². The fourth-order valence-electron chi connectivity index (χ4n) is 0.876. The lowest BCUT2D eigenvalue weighted by molar-refractivity contribution is 1.12. The molecular weight excluding hydrogens is 180 g/mol. The van der Waals surface area contributed by atoms with E-state index in [1.807, 2.05) is 33.9 Å². The molecule has 2 aromatic heterocycles. The van der Waals surface area contributed by atoms with Gasteiger partial charge in [0.05, 0.1) is 16.4 Å². The zero-order valence-electron chi connectivity index (χ0n) is 9.01. The van der Waals surface area contributed by atoms with Crippen LogP contribution in [-0.4, -0.2) is 10.2 Å². The zero-order chi connectivity index (χ0) is 10.3. The van der Waals surface area contributed by atoms with Crippen molar-refractivity contribution < 1.29 is 0 Å². The van der Waals surface area contributed by atoms with Gasteiger partial charge in [0.1, 0.15) is 0 Å². The zero-order valence-corrected chi connectivity index (χ0v) is 9.83. The van der Waals surface area contributed by atoms with Gasteiger partial charge >= 0.3 is 0 Å². The standard InChI is InChI=1S/C6H6N2S.2C2H6/c1-4-2-5-6(9-4)3-7-8-5;2*1-2/h2-3H,1H3,(H,7,8);2*1-2H3. The van der Waals surface area contributed by atoms with Crippen molar-refractivity contribution in [2.75, 3.05) is 0 Å². The summed E-state index contributed by atoms with van der Waals surface area (Å²) in [5.74, 6) is 0. The van der Waals surface area contributed by atoms with Crippen LogP contribution in [0.3, 0.4) is 0 Å². The largest absolute Gasteiger partial charge is 0.277 e. The molecule has 2 rings (SSSR count). The molecule has 0 aliphatic carbocycles. The Morgan fingerprint density at radius 2 is 1.85 bits per heavy atom. The number of aromatic nitrogens is 2. The van der Waals surface area contributed by atoms with Gasteiger partial charge in [0.2, 0.25) is 0 Å². The van der Waals surface area contributed by atoms with Crippen LogP contribution in [0.1, 0.15) is 32.6 Å². The summed E-state index contributed by atoms with van der Waals surface area (Å²) < 4.78 is 1.24. The predicted molar refractivity (Wildman–Crippen MR) is 61.4 cm³/mol. The van der Waals surface area contributed by atoms with Gasteiger partial charge in [-0.25, -0.2) is 0 Å². The molecule has 0 aliphatic rings. The number of nitrogens with zero attached hydrogens (tertiary/aromatic N) is 1. The summed E-state index contributed by atoms with van der Waals surface area (Å²) in [6.07, 6.45) is 1.85. The predicted octanol–water partition coefficient (Wildman–Crippen LogP) is 3.99. The Kier molecular flexibility index (Phi) is 6.24. The average molecular weight is 198 g/mol. The van der Waals surface area contributed by atoms with Crippen molar-refractivity contribution in [2.24, 2.45) is 0 Å². The highest BCUT2D eigenvalue weighted by molar-refractivity contribution is 7.18. The summed E-state index contributed by atoms with van der Waals surface area (Å²) in [7, 11) is 0. The van der Waals surface area contributed by atoms with Gasteiger partial charge < -0.3 is 0 Å². The molecule has 1 N–H and O–H groups in total. The third-order valence-corrected chi connectivity index (χ3v) is 2.24. The van der Waals surface area contributed by atoms with E-state index in [1.165, 1.54) is 9.58 Å². The van der Waals surface area contributed by atoms with E-state index < -0.39 is 0 Å². The maximum Gasteiger partial charge on any atom is 0.0761 e. The highest BCUT2D eigenvalue weighted by atomic mass is 32.1. The molecule has 0 aromatic carbocycles. The van der Waals surface area contributed by atoms with Crippen molar-refractivity contribution in [3.63, 3.8) is 0 Å². The molecule has 0 saturated carbocycles. The molecule has 0 spiro atoms. The first-order valence-electron chi connectivity index (χ1n) is 4.76. The van der Waals surface area contributed by atoms with Crippen molar-refractivity contribution in [3.8, 4) is 0 Å². The quantitative estimate of drug-likeness (QED) is 0.681. The highest BCUT2D eigenvalue weighted by Gasteiger charge is 1.96. The molecule has 2 aromatic rings. The molecule has 0 amide bonds. The van der Waals surface area contributed by atoms with E-state index in [-0.39, 0.29) is 0 Å². The molecule has 0 unspecified atom stereocenters. The fraction of sp³-hybridized carbons (Fsp3) is 0.500.